The minimum atomic E-state index is -0.0978. The van der Waals surface area contributed by atoms with Crippen molar-refractivity contribution in [2.75, 3.05) is 32.7 Å². The third-order valence-electron chi connectivity index (χ3n) is 4.29. The van der Waals surface area contributed by atoms with Gasteiger partial charge in [0.05, 0.1) is 4.88 Å². The van der Waals surface area contributed by atoms with Crippen LogP contribution in [0.25, 0.3) is 0 Å². The highest BCUT2D eigenvalue weighted by atomic mass is 32.1. The lowest BCUT2D eigenvalue weighted by Gasteiger charge is -2.34. The van der Waals surface area contributed by atoms with Gasteiger partial charge in [0.2, 0.25) is 5.91 Å². The highest BCUT2D eigenvalue weighted by Gasteiger charge is 2.24. The maximum absolute atomic E-state index is 12.3. The van der Waals surface area contributed by atoms with Crippen LogP contribution in [-0.2, 0) is 4.79 Å². The molecule has 1 aliphatic heterocycles. The summed E-state index contributed by atoms with van der Waals surface area (Å²) in [6.45, 7) is 2.75. The number of nitrogens with zero attached hydrogens (tertiary/aromatic N) is 2. The van der Waals surface area contributed by atoms with Crippen LogP contribution in [0.1, 0.15) is 32.9 Å². The zero-order valence-electron chi connectivity index (χ0n) is 14.3. The third-order valence-corrected chi connectivity index (χ3v) is 5.83. The zero-order valence-corrected chi connectivity index (χ0v) is 16.0. The van der Waals surface area contributed by atoms with E-state index < -0.39 is 0 Å². The van der Waals surface area contributed by atoms with Crippen LogP contribution in [-0.4, -0.2) is 60.2 Å². The second kappa shape index (κ2) is 8.95. The Morgan fingerprint density at radius 1 is 1.04 bits per heavy atom. The lowest BCUT2D eigenvalue weighted by Crippen LogP contribution is -2.50. The molecule has 0 atom stereocenters. The lowest BCUT2D eigenvalue weighted by atomic mass is 10.2. The number of hydrogen-bond acceptors (Lipinski definition) is 5. The quantitative estimate of drug-likeness (QED) is 0.768. The summed E-state index contributed by atoms with van der Waals surface area (Å²) >= 11 is 2.92. The molecule has 0 bridgehead atoms. The van der Waals surface area contributed by atoms with Crippen LogP contribution in [0.15, 0.2) is 34.3 Å². The van der Waals surface area contributed by atoms with Crippen molar-refractivity contribution >= 4 is 40.4 Å². The largest absolute Gasteiger partial charge is 0.352 e. The first-order valence-corrected chi connectivity index (χ1v) is 10.4. The molecule has 1 aliphatic rings. The molecule has 2 aromatic heterocycles. The number of piperazine rings is 1. The molecule has 3 amide bonds. The first-order chi connectivity index (χ1) is 12.6. The summed E-state index contributed by atoms with van der Waals surface area (Å²) < 4.78 is 0. The Balaban J connectivity index is 1.35. The van der Waals surface area contributed by atoms with E-state index in [0.29, 0.717) is 51.1 Å². The van der Waals surface area contributed by atoms with Crippen LogP contribution in [0, 0.1) is 0 Å². The maximum Gasteiger partial charge on any atom is 0.264 e. The first-order valence-electron chi connectivity index (χ1n) is 8.56. The standard InChI is InChI=1S/C18H21N3O3S2/c22-16(4-1-6-19-17(23)14-5-12-25-13-14)20-7-9-21(10-8-20)18(24)15-3-2-11-26-15/h2-3,5,11-13H,1,4,6-10H2,(H,19,23). The van der Waals surface area contributed by atoms with Crippen LogP contribution >= 0.6 is 22.7 Å². The van der Waals surface area contributed by atoms with Gasteiger partial charge in [-0.05, 0) is 29.3 Å². The van der Waals surface area contributed by atoms with Crippen molar-refractivity contribution in [3.05, 3.63) is 44.8 Å². The normalized spacial score (nSPS) is 14.3. The number of carbonyl (C=O) groups is 3. The van der Waals surface area contributed by atoms with Gasteiger partial charge in [0.25, 0.3) is 11.8 Å². The molecule has 0 aliphatic carbocycles. The summed E-state index contributed by atoms with van der Waals surface area (Å²) in [5.74, 6) is 0.0284. The average Bonchev–Trinajstić information content (AvgIpc) is 3.38. The molecule has 1 saturated heterocycles. The molecule has 2 aromatic rings. The summed E-state index contributed by atoms with van der Waals surface area (Å²) in [7, 11) is 0. The molecule has 0 radical (unpaired) electrons. The van der Waals surface area contributed by atoms with E-state index in [1.165, 1.54) is 22.7 Å². The molecule has 3 heterocycles. The van der Waals surface area contributed by atoms with E-state index in [4.69, 9.17) is 0 Å². The highest BCUT2D eigenvalue weighted by Crippen LogP contribution is 2.14. The SMILES string of the molecule is O=C(NCCCC(=O)N1CCN(C(=O)c2cccs2)CC1)c1ccsc1. The molecule has 138 valence electrons. The van der Waals surface area contributed by atoms with Crippen LogP contribution in [0.4, 0.5) is 0 Å². The fourth-order valence-corrected chi connectivity index (χ4v) is 4.14. The second-order valence-corrected chi connectivity index (χ2v) is 7.75. The predicted octanol–water partition coefficient (Wildman–Crippen LogP) is 2.30. The number of amides is 3. The minimum Gasteiger partial charge on any atom is -0.352 e. The van der Waals surface area contributed by atoms with Gasteiger partial charge in [-0.25, -0.2) is 0 Å². The smallest absolute Gasteiger partial charge is 0.264 e. The number of rotatable bonds is 6. The van der Waals surface area contributed by atoms with Crippen LogP contribution in [0.2, 0.25) is 0 Å². The third kappa shape index (κ3) is 4.70. The van der Waals surface area contributed by atoms with Crippen LogP contribution in [0.5, 0.6) is 0 Å². The van der Waals surface area contributed by atoms with Crippen molar-refractivity contribution in [1.29, 1.82) is 0 Å². The number of hydrogen-bond donors (Lipinski definition) is 1. The van der Waals surface area contributed by atoms with Gasteiger partial charge in [0.15, 0.2) is 0 Å². The van der Waals surface area contributed by atoms with Gasteiger partial charge in [-0.15, -0.1) is 11.3 Å². The summed E-state index contributed by atoms with van der Waals surface area (Å²) in [6.07, 6.45) is 1.02. The number of nitrogens with one attached hydrogen (secondary N) is 1. The molecule has 0 aromatic carbocycles. The molecule has 26 heavy (non-hydrogen) atoms. The summed E-state index contributed by atoms with van der Waals surface area (Å²) in [5, 5.41) is 8.38. The van der Waals surface area contributed by atoms with E-state index in [1.54, 1.807) is 21.2 Å². The molecule has 3 rings (SSSR count). The first kappa shape index (κ1) is 18.6. The van der Waals surface area contributed by atoms with Gasteiger partial charge in [0.1, 0.15) is 0 Å². The Bertz CT molecular complexity index is 736. The lowest BCUT2D eigenvalue weighted by molar-refractivity contribution is -0.132. The van der Waals surface area contributed by atoms with Gasteiger partial charge in [-0.1, -0.05) is 6.07 Å². The Morgan fingerprint density at radius 2 is 1.81 bits per heavy atom. The van der Waals surface area contributed by atoms with Crippen molar-refractivity contribution in [2.24, 2.45) is 0 Å². The topological polar surface area (TPSA) is 69.7 Å². The molecule has 0 saturated carbocycles. The van der Waals surface area contributed by atoms with E-state index >= 15 is 0 Å². The van der Waals surface area contributed by atoms with E-state index in [1.807, 2.05) is 22.9 Å². The summed E-state index contributed by atoms with van der Waals surface area (Å²) in [6, 6.07) is 5.48. The Kier molecular flexibility index (Phi) is 6.40. The molecule has 1 N–H and O–H groups in total. The van der Waals surface area contributed by atoms with Crippen molar-refractivity contribution in [3.8, 4) is 0 Å². The molecule has 8 heteroatoms. The van der Waals surface area contributed by atoms with Crippen LogP contribution < -0.4 is 5.32 Å². The van der Waals surface area contributed by atoms with Crippen molar-refractivity contribution in [3.63, 3.8) is 0 Å². The molecule has 0 spiro atoms. The van der Waals surface area contributed by atoms with Crippen molar-refractivity contribution < 1.29 is 14.4 Å². The summed E-state index contributed by atoms with van der Waals surface area (Å²) in [5.41, 5.74) is 0.660. The Labute approximate surface area is 160 Å². The maximum atomic E-state index is 12.3. The monoisotopic (exact) mass is 391 g/mol. The van der Waals surface area contributed by atoms with E-state index in [2.05, 4.69) is 5.32 Å². The molecule has 6 nitrogen and oxygen atoms in total. The van der Waals surface area contributed by atoms with Gasteiger partial charge >= 0.3 is 0 Å². The number of carbonyl (C=O) groups excluding carboxylic acids is 3. The Hall–Kier alpha value is -2.19. The summed E-state index contributed by atoms with van der Waals surface area (Å²) in [4.78, 5) is 40.8. The molecular formula is C18H21N3O3S2. The zero-order chi connectivity index (χ0) is 18.4. The van der Waals surface area contributed by atoms with Crippen LogP contribution in [0.3, 0.4) is 0 Å². The minimum absolute atomic E-state index is 0.0447. The van der Waals surface area contributed by atoms with Crippen molar-refractivity contribution in [2.45, 2.75) is 12.8 Å². The predicted molar refractivity (Wildman–Crippen MR) is 103 cm³/mol. The van der Waals surface area contributed by atoms with E-state index in [-0.39, 0.29) is 17.7 Å². The number of thiophene rings is 2. The van der Waals surface area contributed by atoms with Gasteiger partial charge in [-0.3, -0.25) is 14.4 Å². The van der Waals surface area contributed by atoms with Gasteiger partial charge in [-0.2, -0.15) is 11.3 Å². The van der Waals surface area contributed by atoms with Gasteiger partial charge < -0.3 is 15.1 Å². The highest BCUT2D eigenvalue weighted by molar-refractivity contribution is 7.12. The second-order valence-electron chi connectivity index (χ2n) is 6.02. The van der Waals surface area contributed by atoms with Crippen molar-refractivity contribution in [1.82, 2.24) is 15.1 Å². The fourth-order valence-electron chi connectivity index (χ4n) is 2.81. The molecule has 0 unspecified atom stereocenters. The molecule has 1 fully saturated rings. The van der Waals surface area contributed by atoms with E-state index in [0.717, 1.165) is 4.88 Å². The average molecular weight is 392 g/mol. The molecular weight excluding hydrogens is 370 g/mol. The Morgan fingerprint density at radius 3 is 2.46 bits per heavy atom. The van der Waals surface area contributed by atoms with Gasteiger partial charge in [0, 0.05) is 50.1 Å². The van der Waals surface area contributed by atoms with E-state index in [9.17, 15) is 14.4 Å². The fraction of sp³-hybridized carbons (Fsp3) is 0.389.